The first-order valence-electron chi connectivity index (χ1n) is 7.67. The molecule has 2 N–H and O–H groups in total. The van der Waals surface area contributed by atoms with Crippen molar-refractivity contribution in [2.24, 2.45) is 10.9 Å². The van der Waals surface area contributed by atoms with Crippen molar-refractivity contribution in [2.45, 2.75) is 33.7 Å². The van der Waals surface area contributed by atoms with E-state index in [2.05, 4.69) is 47.4 Å². The maximum atomic E-state index is 4.63. The Morgan fingerprint density at radius 3 is 2.64 bits per heavy atom. The van der Waals surface area contributed by atoms with Crippen molar-refractivity contribution in [2.75, 3.05) is 32.1 Å². The molecule has 1 aromatic heterocycles. The van der Waals surface area contributed by atoms with Crippen molar-refractivity contribution >= 4 is 35.8 Å². The lowest BCUT2D eigenvalue weighted by Crippen LogP contribution is -2.38. The highest BCUT2D eigenvalue weighted by molar-refractivity contribution is 14.0. The smallest absolute Gasteiger partial charge is 0.191 e. The monoisotopic (exact) mass is 419 g/mol. The number of nitrogens with one attached hydrogen (secondary N) is 2. The van der Waals surface area contributed by atoms with Gasteiger partial charge in [-0.2, -0.15) is 0 Å². The minimum absolute atomic E-state index is 0. The molecule has 0 fully saturated rings. The third kappa shape index (κ3) is 8.41. The number of pyridine rings is 1. The largest absolute Gasteiger partial charge is 0.363 e. The predicted octanol–water partition coefficient (Wildman–Crippen LogP) is 2.87. The molecular weight excluding hydrogens is 389 g/mol. The van der Waals surface area contributed by atoms with Crippen LogP contribution in [0.15, 0.2) is 23.3 Å². The van der Waals surface area contributed by atoms with Crippen LogP contribution in [0.25, 0.3) is 0 Å². The standard InChI is InChI=1S/C16H29N5.HI/c1-6-17-16(19-9-7-13(2)3)20-12-14-8-10-18-15(11-14)21(4)5;/h8,10-11,13H,6-7,9,12H2,1-5H3,(H2,17,19,20);1H. The van der Waals surface area contributed by atoms with E-state index >= 15 is 0 Å². The van der Waals surface area contributed by atoms with Gasteiger partial charge >= 0.3 is 0 Å². The number of rotatable bonds is 7. The van der Waals surface area contributed by atoms with Crippen molar-refractivity contribution in [1.29, 1.82) is 0 Å². The van der Waals surface area contributed by atoms with E-state index in [0.717, 1.165) is 36.9 Å². The molecular formula is C16H30IN5. The Balaban J connectivity index is 0.00000441. The molecule has 0 aliphatic heterocycles. The molecule has 1 rings (SSSR count). The first-order valence-corrected chi connectivity index (χ1v) is 7.67. The summed E-state index contributed by atoms with van der Waals surface area (Å²) in [6.07, 6.45) is 2.98. The summed E-state index contributed by atoms with van der Waals surface area (Å²) in [5.74, 6) is 2.53. The van der Waals surface area contributed by atoms with Gasteiger partial charge in [-0.1, -0.05) is 13.8 Å². The van der Waals surface area contributed by atoms with E-state index in [0.29, 0.717) is 12.5 Å². The minimum Gasteiger partial charge on any atom is -0.363 e. The van der Waals surface area contributed by atoms with Crippen molar-refractivity contribution in [3.63, 3.8) is 0 Å². The first-order chi connectivity index (χ1) is 10.0. The molecule has 0 amide bonds. The van der Waals surface area contributed by atoms with Crippen LogP contribution in [-0.4, -0.2) is 38.1 Å². The number of hydrogen-bond donors (Lipinski definition) is 2. The van der Waals surface area contributed by atoms with E-state index < -0.39 is 0 Å². The third-order valence-electron chi connectivity index (χ3n) is 3.05. The zero-order valence-electron chi connectivity index (χ0n) is 14.4. The number of hydrogen-bond acceptors (Lipinski definition) is 3. The summed E-state index contributed by atoms with van der Waals surface area (Å²) in [6, 6.07) is 4.08. The van der Waals surface area contributed by atoms with Gasteiger partial charge in [0.2, 0.25) is 0 Å². The van der Waals surface area contributed by atoms with Crippen LogP contribution in [0, 0.1) is 5.92 Å². The molecule has 0 saturated heterocycles. The maximum Gasteiger partial charge on any atom is 0.191 e. The van der Waals surface area contributed by atoms with Gasteiger partial charge in [0.15, 0.2) is 5.96 Å². The second kappa shape index (κ2) is 11.5. The number of aromatic nitrogens is 1. The summed E-state index contributed by atoms with van der Waals surface area (Å²) in [7, 11) is 3.99. The molecule has 0 aliphatic carbocycles. The van der Waals surface area contributed by atoms with E-state index in [1.807, 2.05) is 31.3 Å². The van der Waals surface area contributed by atoms with Crippen molar-refractivity contribution in [3.05, 3.63) is 23.9 Å². The zero-order valence-corrected chi connectivity index (χ0v) is 16.7. The van der Waals surface area contributed by atoms with Crippen LogP contribution in [0.2, 0.25) is 0 Å². The zero-order chi connectivity index (χ0) is 15.7. The Labute approximate surface area is 152 Å². The van der Waals surface area contributed by atoms with Gasteiger partial charge in [0, 0.05) is 33.4 Å². The van der Waals surface area contributed by atoms with E-state index in [1.165, 1.54) is 0 Å². The highest BCUT2D eigenvalue weighted by Crippen LogP contribution is 2.10. The number of anilines is 1. The maximum absolute atomic E-state index is 4.63. The van der Waals surface area contributed by atoms with E-state index in [9.17, 15) is 0 Å². The quantitative estimate of drug-likeness (QED) is 0.406. The average Bonchev–Trinajstić information content (AvgIpc) is 2.44. The molecule has 5 nitrogen and oxygen atoms in total. The Hall–Kier alpha value is -1.05. The fraction of sp³-hybridized carbons (Fsp3) is 0.625. The van der Waals surface area contributed by atoms with Crippen LogP contribution < -0.4 is 15.5 Å². The lowest BCUT2D eigenvalue weighted by atomic mass is 10.1. The number of guanidine groups is 1. The number of aliphatic imine (C=N–C) groups is 1. The topological polar surface area (TPSA) is 52.6 Å². The predicted molar refractivity (Wildman–Crippen MR) is 106 cm³/mol. The lowest BCUT2D eigenvalue weighted by molar-refractivity contribution is 0.573. The molecule has 22 heavy (non-hydrogen) atoms. The second-order valence-corrected chi connectivity index (χ2v) is 5.72. The molecule has 0 saturated carbocycles. The highest BCUT2D eigenvalue weighted by Gasteiger charge is 2.01. The molecule has 0 radical (unpaired) electrons. The van der Waals surface area contributed by atoms with Gasteiger partial charge in [0.05, 0.1) is 6.54 Å². The Morgan fingerprint density at radius 2 is 2.05 bits per heavy atom. The van der Waals surface area contributed by atoms with Crippen LogP contribution in [0.1, 0.15) is 32.8 Å². The van der Waals surface area contributed by atoms with Crippen molar-refractivity contribution < 1.29 is 0 Å². The van der Waals surface area contributed by atoms with Crippen LogP contribution in [-0.2, 0) is 6.54 Å². The minimum atomic E-state index is 0. The van der Waals surface area contributed by atoms with Gasteiger partial charge in [-0.05, 0) is 37.0 Å². The fourth-order valence-electron chi connectivity index (χ4n) is 1.79. The molecule has 1 aromatic rings. The van der Waals surface area contributed by atoms with Gasteiger partial charge in [-0.3, -0.25) is 0 Å². The van der Waals surface area contributed by atoms with Gasteiger partial charge in [0.1, 0.15) is 5.82 Å². The molecule has 0 bridgehead atoms. The molecule has 6 heteroatoms. The van der Waals surface area contributed by atoms with Gasteiger partial charge in [-0.15, -0.1) is 24.0 Å². The summed E-state index contributed by atoms with van der Waals surface area (Å²) in [5, 5.41) is 6.65. The summed E-state index contributed by atoms with van der Waals surface area (Å²) in [5.41, 5.74) is 1.16. The number of halogens is 1. The highest BCUT2D eigenvalue weighted by atomic mass is 127. The normalized spacial score (nSPS) is 11.1. The Morgan fingerprint density at radius 1 is 1.32 bits per heavy atom. The van der Waals surface area contributed by atoms with E-state index in [1.54, 1.807) is 0 Å². The van der Waals surface area contributed by atoms with E-state index in [-0.39, 0.29) is 24.0 Å². The molecule has 1 heterocycles. The van der Waals surface area contributed by atoms with Crippen LogP contribution in [0.4, 0.5) is 5.82 Å². The molecule has 126 valence electrons. The van der Waals surface area contributed by atoms with Crippen molar-refractivity contribution in [3.8, 4) is 0 Å². The fourth-order valence-corrected chi connectivity index (χ4v) is 1.79. The lowest BCUT2D eigenvalue weighted by Gasteiger charge is -2.13. The van der Waals surface area contributed by atoms with Crippen LogP contribution in [0.3, 0.4) is 0 Å². The SMILES string of the molecule is CCNC(=NCc1ccnc(N(C)C)c1)NCCC(C)C.I. The van der Waals surface area contributed by atoms with Gasteiger partial charge in [0.25, 0.3) is 0 Å². The van der Waals surface area contributed by atoms with Crippen LogP contribution >= 0.6 is 24.0 Å². The molecule has 0 aromatic carbocycles. The van der Waals surface area contributed by atoms with Crippen LogP contribution in [0.5, 0.6) is 0 Å². The van der Waals surface area contributed by atoms with Crippen molar-refractivity contribution in [1.82, 2.24) is 15.6 Å². The molecule has 0 aliphatic rings. The van der Waals surface area contributed by atoms with E-state index in [4.69, 9.17) is 0 Å². The molecule has 0 unspecified atom stereocenters. The summed E-state index contributed by atoms with van der Waals surface area (Å²) < 4.78 is 0. The summed E-state index contributed by atoms with van der Waals surface area (Å²) >= 11 is 0. The summed E-state index contributed by atoms with van der Waals surface area (Å²) in [6.45, 7) is 9.00. The summed E-state index contributed by atoms with van der Waals surface area (Å²) in [4.78, 5) is 10.9. The Kier molecular flexibility index (Phi) is 11.0. The first kappa shape index (κ1) is 20.9. The average molecular weight is 419 g/mol. The van der Waals surface area contributed by atoms with Gasteiger partial charge in [-0.25, -0.2) is 9.98 Å². The third-order valence-corrected chi connectivity index (χ3v) is 3.05. The Bertz CT molecular complexity index is 446. The van der Waals surface area contributed by atoms with Gasteiger partial charge < -0.3 is 15.5 Å². The second-order valence-electron chi connectivity index (χ2n) is 5.72. The molecule has 0 atom stereocenters. The molecule has 0 spiro atoms. The number of nitrogens with zero attached hydrogens (tertiary/aromatic N) is 3.